The van der Waals surface area contributed by atoms with Crippen molar-refractivity contribution >= 4 is 43.6 Å². The molecule has 9 rings (SSSR count). The fourth-order valence-corrected chi connectivity index (χ4v) is 6.61. The molecule has 0 aliphatic carbocycles. The van der Waals surface area contributed by atoms with E-state index in [4.69, 9.17) is 5.10 Å². The Balaban J connectivity index is 0.000000207. The maximum atomic E-state index is 13.5. The minimum absolute atomic E-state index is 0.129. The number of nitrogens with one attached hydrogen (secondary N) is 3. The number of hydrogen-bond acceptors (Lipinski definition) is 4. The number of benzene rings is 5. The summed E-state index contributed by atoms with van der Waals surface area (Å²) in [6, 6.07) is 46.3. The highest BCUT2D eigenvalue weighted by Gasteiger charge is 2.41. The molecule has 0 aliphatic rings. The maximum absolute atomic E-state index is 13.5. The highest BCUT2D eigenvalue weighted by molar-refractivity contribution is 6.04. The van der Waals surface area contributed by atoms with E-state index < -0.39 is 5.54 Å². The molecule has 0 fully saturated rings. The molecule has 8 nitrogen and oxygen atoms in total. The lowest BCUT2D eigenvalue weighted by Crippen LogP contribution is -2.39. The largest absolute Gasteiger partial charge is 0.320 e. The van der Waals surface area contributed by atoms with Crippen molar-refractivity contribution in [3.8, 4) is 0 Å². The molecule has 0 bridgehead atoms. The molecule has 254 valence electrons. The van der Waals surface area contributed by atoms with Crippen LogP contribution in [0.25, 0.3) is 43.6 Å². The topological polar surface area (TPSA) is 112 Å². The van der Waals surface area contributed by atoms with Gasteiger partial charge < -0.3 is 9.97 Å². The van der Waals surface area contributed by atoms with Crippen LogP contribution in [0.4, 0.5) is 0 Å². The van der Waals surface area contributed by atoms with Gasteiger partial charge in [-0.1, -0.05) is 155 Å². The summed E-state index contributed by atoms with van der Waals surface area (Å²) in [4.78, 5) is 30.9. The van der Waals surface area contributed by atoms with Gasteiger partial charge in [-0.15, -0.1) is 0 Å². The van der Waals surface area contributed by atoms with E-state index in [1.165, 1.54) is 0 Å². The monoisotopic (exact) mass is 672 g/mol. The van der Waals surface area contributed by atoms with Crippen molar-refractivity contribution in [3.05, 3.63) is 189 Å². The number of H-pyrrole nitrogens is 3. The molecule has 0 spiro atoms. The first-order valence-corrected chi connectivity index (χ1v) is 17.3. The van der Waals surface area contributed by atoms with Gasteiger partial charge in [0.2, 0.25) is 0 Å². The number of fused-ring (bicyclic) bond motifs is 6. The van der Waals surface area contributed by atoms with Crippen LogP contribution >= 0.6 is 0 Å². The number of hydrogen-bond donors (Lipinski definition) is 3. The zero-order valence-electron chi connectivity index (χ0n) is 29.1. The van der Waals surface area contributed by atoms with Crippen molar-refractivity contribution in [2.45, 2.75) is 33.2 Å². The number of aromatic amines is 3. The molecule has 3 N–H and O–H groups in total. The van der Waals surface area contributed by atoms with Crippen molar-refractivity contribution in [1.29, 1.82) is 0 Å². The Kier molecular flexibility index (Phi) is 10.3. The molecule has 9 aromatic rings. The smallest absolute Gasteiger partial charge is 0.274 e. The third kappa shape index (κ3) is 6.12. The molecule has 0 aliphatic heterocycles. The van der Waals surface area contributed by atoms with E-state index in [9.17, 15) is 9.59 Å². The Morgan fingerprint density at radius 1 is 0.490 bits per heavy atom. The summed E-state index contributed by atoms with van der Waals surface area (Å²) in [5.41, 5.74) is 4.69. The van der Waals surface area contributed by atoms with E-state index in [0.29, 0.717) is 11.0 Å². The van der Waals surface area contributed by atoms with Crippen molar-refractivity contribution < 1.29 is 0 Å². The molecular weight excluding hydrogens is 633 g/mol. The molecule has 0 saturated carbocycles. The van der Waals surface area contributed by atoms with Crippen molar-refractivity contribution in [2.75, 3.05) is 0 Å². The molecule has 0 amide bonds. The minimum Gasteiger partial charge on any atom is -0.320 e. The lowest BCUT2D eigenvalue weighted by Gasteiger charge is -2.36. The highest BCUT2D eigenvalue weighted by Crippen LogP contribution is 2.42. The normalized spacial score (nSPS) is 10.9. The lowest BCUT2D eigenvalue weighted by atomic mass is 9.77. The zero-order chi connectivity index (χ0) is 35.8. The predicted octanol–water partition coefficient (Wildman–Crippen LogP) is 9.17. The third-order valence-corrected chi connectivity index (χ3v) is 8.67. The van der Waals surface area contributed by atoms with Gasteiger partial charge in [-0.05, 0) is 28.8 Å². The van der Waals surface area contributed by atoms with E-state index in [0.717, 1.165) is 49.3 Å². The van der Waals surface area contributed by atoms with Gasteiger partial charge in [-0.2, -0.15) is 10.2 Å². The molecule has 0 saturated heterocycles. The molecule has 4 aromatic heterocycles. The van der Waals surface area contributed by atoms with Crippen LogP contribution in [0, 0.1) is 0 Å². The van der Waals surface area contributed by atoms with Crippen LogP contribution in [-0.2, 0) is 5.54 Å². The average Bonchev–Trinajstić information content (AvgIpc) is 3.89. The third-order valence-electron chi connectivity index (χ3n) is 8.67. The fourth-order valence-electron chi connectivity index (χ4n) is 6.61. The molecular formula is C43H40N6O2. The molecule has 0 unspecified atom stereocenters. The number of aromatic nitrogens is 6. The van der Waals surface area contributed by atoms with Gasteiger partial charge in [0.15, 0.2) is 0 Å². The summed E-state index contributed by atoms with van der Waals surface area (Å²) < 4.78 is 1.90. The minimum atomic E-state index is -0.832. The average molecular weight is 673 g/mol. The van der Waals surface area contributed by atoms with Crippen LogP contribution in [0.3, 0.4) is 0 Å². The van der Waals surface area contributed by atoms with E-state index in [2.05, 4.69) is 56.6 Å². The van der Waals surface area contributed by atoms with Gasteiger partial charge in [0.05, 0.1) is 12.4 Å². The molecule has 8 heteroatoms. The Labute approximate surface area is 295 Å². The Morgan fingerprint density at radius 2 is 0.922 bits per heavy atom. The van der Waals surface area contributed by atoms with Crippen LogP contribution in [-0.4, -0.2) is 29.9 Å². The predicted molar refractivity (Wildman–Crippen MR) is 209 cm³/mol. The van der Waals surface area contributed by atoms with Gasteiger partial charge in [0.1, 0.15) is 16.6 Å². The van der Waals surface area contributed by atoms with Crippen molar-refractivity contribution in [1.82, 2.24) is 29.9 Å². The van der Waals surface area contributed by atoms with Crippen LogP contribution in [0.15, 0.2) is 162 Å². The summed E-state index contributed by atoms with van der Waals surface area (Å²) in [5, 5.41) is 15.1. The molecule has 5 aromatic carbocycles. The fraction of sp³-hybridized carbons (Fsp3) is 0.116. The SMILES string of the molecule is CC.CC.O=c1[nH]c2ccccc2c2cn[nH]c12.O=c1[nH]c2ccccc2c2cnn(C(c3ccccc3)(c3ccccc3)c3ccccc3)c12. The summed E-state index contributed by atoms with van der Waals surface area (Å²) in [6.45, 7) is 8.00. The second-order valence-electron chi connectivity index (χ2n) is 11.3. The Bertz CT molecular complexity index is 2530. The molecule has 4 heterocycles. The Morgan fingerprint density at radius 3 is 1.43 bits per heavy atom. The summed E-state index contributed by atoms with van der Waals surface area (Å²) >= 11 is 0. The highest BCUT2D eigenvalue weighted by atomic mass is 16.1. The molecule has 0 atom stereocenters. The quantitative estimate of drug-likeness (QED) is 0.162. The van der Waals surface area contributed by atoms with Gasteiger partial charge in [0.25, 0.3) is 11.1 Å². The first-order valence-electron chi connectivity index (χ1n) is 17.3. The first kappa shape index (κ1) is 34.3. The standard InChI is InChI=1S/C29H21N3O.C10H7N3O.2C2H6/c33-28-27-25(24-18-10-11-19-26(24)31-28)20-30-32(27)29(21-12-4-1-5-13-21,22-14-6-2-7-15-22)23-16-8-3-9-17-23;14-10-9-7(5-11-13-9)6-3-1-2-4-8(6)12-10;2*1-2/h1-20H,(H,31,33);1-5H,(H,11,13)(H,12,14);2*1-2H3. The number of nitrogens with zero attached hydrogens (tertiary/aromatic N) is 3. The molecule has 51 heavy (non-hydrogen) atoms. The molecule has 0 radical (unpaired) electrons. The Hall–Kier alpha value is -6.54. The van der Waals surface area contributed by atoms with Gasteiger partial charge >= 0.3 is 0 Å². The van der Waals surface area contributed by atoms with Crippen LogP contribution < -0.4 is 11.1 Å². The number of rotatable bonds is 4. The first-order chi connectivity index (χ1) is 25.2. The van der Waals surface area contributed by atoms with Crippen LogP contribution in [0.5, 0.6) is 0 Å². The van der Waals surface area contributed by atoms with Crippen LogP contribution in [0.2, 0.25) is 0 Å². The number of pyridine rings is 2. The zero-order valence-corrected chi connectivity index (χ0v) is 29.1. The van der Waals surface area contributed by atoms with Gasteiger partial charge in [-0.3, -0.25) is 14.7 Å². The van der Waals surface area contributed by atoms with Gasteiger partial charge in [0, 0.05) is 32.6 Å². The van der Waals surface area contributed by atoms with Crippen molar-refractivity contribution in [2.24, 2.45) is 0 Å². The van der Waals surface area contributed by atoms with E-state index in [-0.39, 0.29) is 11.1 Å². The second kappa shape index (κ2) is 15.3. The summed E-state index contributed by atoms with van der Waals surface area (Å²) in [6.07, 6.45) is 3.49. The van der Waals surface area contributed by atoms with E-state index in [1.807, 2.05) is 142 Å². The summed E-state index contributed by atoms with van der Waals surface area (Å²) in [5.74, 6) is 0. The van der Waals surface area contributed by atoms with Gasteiger partial charge in [-0.25, -0.2) is 4.68 Å². The van der Waals surface area contributed by atoms with Crippen LogP contribution in [0.1, 0.15) is 44.4 Å². The second-order valence-corrected chi connectivity index (χ2v) is 11.3. The maximum Gasteiger partial charge on any atom is 0.274 e. The lowest BCUT2D eigenvalue weighted by molar-refractivity contribution is 0.474. The van der Waals surface area contributed by atoms with Crippen molar-refractivity contribution in [3.63, 3.8) is 0 Å². The summed E-state index contributed by atoms with van der Waals surface area (Å²) in [7, 11) is 0. The number of para-hydroxylation sites is 2. The van der Waals surface area contributed by atoms with E-state index >= 15 is 0 Å². The van der Waals surface area contributed by atoms with E-state index in [1.54, 1.807) is 6.20 Å².